The van der Waals surface area contributed by atoms with Gasteiger partial charge >= 0.3 is 0 Å². The summed E-state index contributed by atoms with van der Waals surface area (Å²) in [7, 11) is 0. The van der Waals surface area contributed by atoms with Crippen molar-refractivity contribution in [3.05, 3.63) is 35.9 Å². The minimum atomic E-state index is -0.497. The van der Waals surface area contributed by atoms with Crippen molar-refractivity contribution < 1.29 is 9.53 Å². The van der Waals surface area contributed by atoms with Crippen LogP contribution in [0.2, 0.25) is 0 Å². The molecule has 1 aromatic carbocycles. The number of rotatable bonds is 5. The maximum atomic E-state index is 12.6. The van der Waals surface area contributed by atoms with Gasteiger partial charge in [-0.1, -0.05) is 30.3 Å². The van der Waals surface area contributed by atoms with Crippen LogP contribution in [0.15, 0.2) is 30.3 Å². The van der Waals surface area contributed by atoms with E-state index in [0.717, 1.165) is 18.4 Å². The third kappa shape index (κ3) is 3.44. The molecule has 21 heavy (non-hydrogen) atoms. The number of ether oxygens (including phenoxy) is 1. The summed E-state index contributed by atoms with van der Waals surface area (Å²) >= 11 is 0. The van der Waals surface area contributed by atoms with E-state index < -0.39 is 6.10 Å². The van der Waals surface area contributed by atoms with Gasteiger partial charge in [0, 0.05) is 24.7 Å². The molecule has 3 unspecified atom stereocenters. The van der Waals surface area contributed by atoms with Gasteiger partial charge in [0.1, 0.15) is 0 Å². The van der Waals surface area contributed by atoms with Crippen LogP contribution in [0.4, 0.5) is 0 Å². The Kier molecular flexibility index (Phi) is 4.56. The van der Waals surface area contributed by atoms with E-state index in [1.807, 2.05) is 37.3 Å². The Hall–Kier alpha value is -1.39. The number of benzene rings is 1. The molecule has 0 radical (unpaired) electrons. The predicted molar refractivity (Wildman–Crippen MR) is 81.9 cm³/mol. The zero-order valence-corrected chi connectivity index (χ0v) is 12.5. The predicted octanol–water partition coefficient (Wildman–Crippen LogP) is 2.16. The summed E-state index contributed by atoms with van der Waals surface area (Å²) in [5.74, 6) is -0.00523. The van der Waals surface area contributed by atoms with Gasteiger partial charge in [-0.05, 0) is 38.2 Å². The van der Waals surface area contributed by atoms with Crippen molar-refractivity contribution >= 4 is 5.91 Å². The van der Waals surface area contributed by atoms with Crippen LogP contribution >= 0.6 is 0 Å². The van der Waals surface area contributed by atoms with Crippen LogP contribution < -0.4 is 10.6 Å². The van der Waals surface area contributed by atoms with E-state index in [9.17, 15) is 4.79 Å². The lowest BCUT2D eigenvalue weighted by Gasteiger charge is -2.31. The lowest BCUT2D eigenvalue weighted by atomic mass is 9.99. The number of nitrogens with one attached hydrogen (secondary N) is 2. The maximum Gasteiger partial charge on any atom is 0.253 e. The summed E-state index contributed by atoms with van der Waals surface area (Å²) in [6.45, 7) is 2.46. The Morgan fingerprint density at radius 3 is 2.57 bits per heavy atom. The molecule has 1 aromatic rings. The molecule has 0 aliphatic carbocycles. The van der Waals surface area contributed by atoms with Crippen molar-refractivity contribution in [3.8, 4) is 0 Å². The van der Waals surface area contributed by atoms with Crippen LogP contribution in [0.3, 0.4) is 0 Å². The first-order valence-corrected chi connectivity index (χ1v) is 7.99. The van der Waals surface area contributed by atoms with Gasteiger partial charge in [0.2, 0.25) is 0 Å². The second-order valence-electron chi connectivity index (χ2n) is 6.06. The van der Waals surface area contributed by atoms with E-state index in [2.05, 4.69) is 10.6 Å². The van der Waals surface area contributed by atoms with Crippen molar-refractivity contribution in [1.82, 2.24) is 10.6 Å². The smallest absolute Gasteiger partial charge is 0.253 e. The Morgan fingerprint density at radius 2 is 1.95 bits per heavy atom. The highest BCUT2D eigenvalue weighted by Gasteiger charge is 2.35. The summed E-state index contributed by atoms with van der Waals surface area (Å²) in [6.07, 6.45) is 4.06. The lowest BCUT2D eigenvalue weighted by Crippen LogP contribution is -2.49. The van der Waals surface area contributed by atoms with E-state index in [1.54, 1.807) is 0 Å². The first kappa shape index (κ1) is 14.5. The van der Waals surface area contributed by atoms with E-state index in [-0.39, 0.29) is 11.9 Å². The van der Waals surface area contributed by atoms with Crippen LogP contribution in [0.25, 0.3) is 0 Å². The van der Waals surface area contributed by atoms with Crippen LogP contribution in [0.5, 0.6) is 0 Å². The van der Waals surface area contributed by atoms with Crippen LogP contribution in [-0.4, -0.2) is 30.6 Å². The molecule has 2 fully saturated rings. The maximum absolute atomic E-state index is 12.6. The number of amides is 1. The number of hydrogen-bond donors (Lipinski definition) is 2. The van der Waals surface area contributed by atoms with E-state index in [4.69, 9.17) is 4.74 Å². The molecule has 0 spiro atoms. The van der Waals surface area contributed by atoms with Crippen molar-refractivity contribution in [2.24, 2.45) is 0 Å². The molecule has 0 saturated carbocycles. The molecule has 0 aromatic heterocycles. The molecule has 4 heteroatoms. The van der Waals surface area contributed by atoms with Gasteiger partial charge in [0.25, 0.3) is 5.91 Å². The molecule has 2 saturated heterocycles. The Morgan fingerprint density at radius 1 is 1.29 bits per heavy atom. The summed E-state index contributed by atoms with van der Waals surface area (Å²) in [4.78, 5) is 12.6. The van der Waals surface area contributed by atoms with Crippen molar-refractivity contribution in [2.75, 3.05) is 6.61 Å². The van der Waals surface area contributed by atoms with Gasteiger partial charge in [-0.2, -0.15) is 0 Å². The van der Waals surface area contributed by atoms with Gasteiger partial charge < -0.3 is 15.4 Å². The Balaban J connectivity index is 1.64. The lowest BCUT2D eigenvalue weighted by molar-refractivity contribution is -0.134. The SMILES string of the molecule is CCOC(C(=O)NC1CC2CCC(C1)N2)c1ccccc1. The monoisotopic (exact) mass is 288 g/mol. The largest absolute Gasteiger partial charge is 0.364 e. The highest BCUT2D eigenvalue weighted by atomic mass is 16.5. The molecule has 4 nitrogen and oxygen atoms in total. The molecule has 114 valence electrons. The molecule has 2 bridgehead atoms. The molecule has 2 aliphatic heterocycles. The van der Waals surface area contributed by atoms with Crippen LogP contribution in [0.1, 0.15) is 44.3 Å². The standard InChI is InChI=1S/C17H24N2O2/c1-2-21-16(12-6-4-3-5-7-12)17(20)19-15-10-13-8-9-14(11-15)18-13/h3-7,13-16,18H,2,8-11H2,1H3,(H,19,20). The van der Waals surface area contributed by atoms with Crippen molar-refractivity contribution in [2.45, 2.75) is 56.8 Å². The fraction of sp³-hybridized carbons (Fsp3) is 0.588. The molecule has 2 heterocycles. The second kappa shape index (κ2) is 6.58. The van der Waals surface area contributed by atoms with Crippen LogP contribution in [-0.2, 0) is 9.53 Å². The molecule has 3 atom stereocenters. The first-order chi connectivity index (χ1) is 10.3. The van der Waals surface area contributed by atoms with Crippen molar-refractivity contribution in [3.63, 3.8) is 0 Å². The summed E-state index contributed by atoms with van der Waals surface area (Å²) in [5, 5.41) is 6.80. The number of fused-ring (bicyclic) bond motifs is 2. The minimum absolute atomic E-state index is 0.00523. The third-order valence-electron chi connectivity index (χ3n) is 4.49. The van der Waals surface area contributed by atoms with E-state index in [0.29, 0.717) is 18.7 Å². The molecular formula is C17H24N2O2. The molecule has 1 amide bonds. The summed E-state index contributed by atoms with van der Waals surface area (Å²) in [5.41, 5.74) is 0.925. The Labute approximate surface area is 126 Å². The molecule has 3 rings (SSSR count). The third-order valence-corrected chi connectivity index (χ3v) is 4.49. The van der Waals surface area contributed by atoms with Gasteiger partial charge in [-0.25, -0.2) is 0 Å². The first-order valence-electron chi connectivity index (χ1n) is 7.99. The van der Waals surface area contributed by atoms with Crippen LogP contribution in [0, 0.1) is 0 Å². The highest BCUT2D eigenvalue weighted by Crippen LogP contribution is 2.27. The average molecular weight is 288 g/mol. The number of piperidine rings is 1. The molecule has 2 N–H and O–H groups in total. The minimum Gasteiger partial charge on any atom is -0.364 e. The number of carbonyl (C=O) groups is 1. The fourth-order valence-electron chi connectivity index (χ4n) is 3.57. The van der Waals surface area contributed by atoms with Gasteiger partial charge in [0.15, 0.2) is 6.10 Å². The Bertz CT molecular complexity index is 465. The van der Waals surface area contributed by atoms with Gasteiger partial charge in [-0.3, -0.25) is 4.79 Å². The quantitative estimate of drug-likeness (QED) is 0.873. The van der Waals surface area contributed by atoms with E-state index in [1.165, 1.54) is 12.8 Å². The number of carbonyl (C=O) groups excluding carboxylic acids is 1. The average Bonchev–Trinajstić information content (AvgIpc) is 2.84. The summed E-state index contributed by atoms with van der Waals surface area (Å²) in [6, 6.07) is 11.2. The zero-order valence-electron chi connectivity index (χ0n) is 12.5. The van der Waals surface area contributed by atoms with Crippen molar-refractivity contribution in [1.29, 1.82) is 0 Å². The normalized spacial score (nSPS) is 29.1. The topological polar surface area (TPSA) is 50.4 Å². The zero-order chi connectivity index (χ0) is 14.7. The van der Waals surface area contributed by atoms with Gasteiger partial charge in [0.05, 0.1) is 0 Å². The van der Waals surface area contributed by atoms with Gasteiger partial charge in [-0.15, -0.1) is 0 Å². The number of hydrogen-bond acceptors (Lipinski definition) is 3. The second-order valence-corrected chi connectivity index (χ2v) is 6.06. The summed E-state index contributed by atoms with van der Waals surface area (Å²) < 4.78 is 5.67. The molecule has 2 aliphatic rings. The molecular weight excluding hydrogens is 264 g/mol. The van der Waals surface area contributed by atoms with E-state index >= 15 is 0 Å². The fourth-order valence-corrected chi connectivity index (χ4v) is 3.57. The highest BCUT2D eigenvalue weighted by molar-refractivity contribution is 5.82.